The number of rotatable bonds is 3. The second-order valence-electron chi connectivity index (χ2n) is 3.02. The Morgan fingerprint density at radius 1 is 1.86 bits per heavy atom. The van der Waals surface area contributed by atoms with E-state index in [9.17, 15) is 9.90 Å². The van der Waals surface area contributed by atoms with Crippen LogP contribution in [0.1, 0.15) is 13.8 Å². The molecule has 5 nitrogen and oxygen atoms in total. The van der Waals surface area contributed by atoms with Gasteiger partial charge in [-0.3, -0.25) is 0 Å². The Morgan fingerprint density at radius 3 is 2.93 bits per heavy atom. The first-order valence-electron chi connectivity index (χ1n) is 4.27. The molecule has 1 heterocycles. The molecule has 0 aromatic heterocycles. The zero-order chi connectivity index (χ0) is 10.8. The van der Waals surface area contributed by atoms with Gasteiger partial charge in [-0.1, -0.05) is 6.58 Å². The Bertz CT molecular complexity index is 297. The smallest absolute Gasteiger partial charge is 0.365 e. The molecule has 1 aliphatic rings. The van der Waals surface area contributed by atoms with Crippen molar-refractivity contribution in [1.29, 1.82) is 0 Å². The zero-order valence-electron chi connectivity index (χ0n) is 8.24. The van der Waals surface area contributed by atoms with Gasteiger partial charge in [0.25, 0.3) is 5.72 Å². The molecule has 78 valence electrons. The second-order valence-corrected chi connectivity index (χ2v) is 3.02. The molecule has 0 spiro atoms. The topological polar surface area (TPSA) is 68.1 Å². The normalized spacial score (nSPS) is 25.2. The summed E-state index contributed by atoms with van der Waals surface area (Å²) in [5.74, 6) is -0.600. The highest BCUT2D eigenvalue weighted by molar-refractivity contribution is 5.97. The molecule has 1 aliphatic heterocycles. The Kier molecular flexibility index (Phi) is 2.90. The van der Waals surface area contributed by atoms with Crippen molar-refractivity contribution in [1.82, 2.24) is 0 Å². The van der Waals surface area contributed by atoms with Gasteiger partial charge in [0.1, 0.15) is 0 Å². The van der Waals surface area contributed by atoms with Crippen molar-refractivity contribution in [3.8, 4) is 0 Å². The SMILES string of the molecule is C=C(C)C1=NC(O)(C(=O)OCC)CO1. The summed E-state index contributed by atoms with van der Waals surface area (Å²) in [6, 6.07) is 0. The minimum Gasteiger partial charge on any atom is -0.472 e. The lowest BCUT2D eigenvalue weighted by Gasteiger charge is -2.13. The van der Waals surface area contributed by atoms with Crippen molar-refractivity contribution in [2.45, 2.75) is 19.6 Å². The van der Waals surface area contributed by atoms with Crippen LogP contribution in [0.4, 0.5) is 0 Å². The summed E-state index contributed by atoms with van der Waals surface area (Å²) < 4.78 is 9.65. The van der Waals surface area contributed by atoms with Gasteiger partial charge in [-0.25, -0.2) is 9.79 Å². The van der Waals surface area contributed by atoms with Crippen molar-refractivity contribution in [2.75, 3.05) is 13.2 Å². The second kappa shape index (κ2) is 3.79. The molecule has 0 aromatic carbocycles. The summed E-state index contributed by atoms with van der Waals surface area (Å²) in [5, 5.41) is 9.68. The van der Waals surface area contributed by atoms with E-state index in [2.05, 4.69) is 16.3 Å². The van der Waals surface area contributed by atoms with Crippen molar-refractivity contribution < 1.29 is 19.4 Å². The summed E-state index contributed by atoms with van der Waals surface area (Å²) in [6.45, 7) is 6.90. The molecule has 0 aromatic rings. The van der Waals surface area contributed by atoms with Gasteiger partial charge in [0.2, 0.25) is 5.90 Å². The Morgan fingerprint density at radius 2 is 2.50 bits per heavy atom. The number of ether oxygens (including phenoxy) is 2. The molecule has 5 heteroatoms. The standard InChI is InChI=1S/C9H13NO4/c1-4-13-8(11)9(12)5-14-7(10-9)6(2)3/h12H,2,4-5H2,1,3H3. The summed E-state index contributed by atoms with van der Waals surface area (Å²) in [7, 11) is 0. The molecular weight excluding hydrogens is 186 g/mol. The molecule has 0 radical (unpaired) electrons. The average molecular weight is 199 g/mol. The predicted molar refractivity (Wildman–Crippen MR) is 49.8 cm³/mol. The molecule has 0 amide bonds. The predicted octanol–water partition coefficient (Wildman–Crippen LogP) is 0.243. The minimum absolute atomic E-state index is 0.194. The van der Waals surface area contributed by atoms with Crippen molar-refractivity contribution in [2.24, 2.45) is 4.99 Å². The van der Waals surface area contributed by atoms with Crippen LogP contribution in [0.15, 0.2) is 17.1 Å². The molecular formula is C9H13NO4. The van der Waals surface area contributed by atoms with Gasteiger partial charge in [0.05, 0.1) is 6.61 Å². The first-order chi connectivity index (χ1) is 6.49. The average Bonchev–Trinajstić information content (AvgIpc) is 2.50. The van der Waals surface area contributed by atoms with Crippen LogP contribution < -0.4 is 0 Å². The molecule has 0 saturated heterocycles. The Labute approximate surface area is 82.0 Å². The van der Waals surface area contributed by atoms with E-state index in [4.69, 9.17) is 4.74 Å². The zero-order valence-corrected chi connectivity index (χ0v) is 8.24. The highest BCUT2D eigenvalue weighted by atomic mass is 16.6. The van der Waals surface area contributed by atoms with E-state index in [1.165, 1.54) is 0 Å². The fraction of sp³-hybridized carbons (Fsp3) is 0.556. The number of carbonyl (C=O) groups is 1. The van der Waals surface area contributed by atoms with Crippen LogP contribution in [0, 0.1) is 0 Å². The molecule has 0 fully saturated rings. The maximum atomic E-state index is 11.2. The van der Waals surface area contributed by atoms with Gasteiger partial charge in [-0.2, -0.15) is 0 Å². The van der Waals surface area contributed by atoms with Gasteiger partial charge in [0.15, 0.2) is 6.61 Å². The van der Waals surface area contributed by atoms with E-state index in [-0.39, 0.29) is 19.1 Å². The van der Waals surface area contributed by atoms with E-state index < -0.39 is 11.7 Å². The monoisotopic (exact) mass is 199 g/mol. The van der Waals surface area contributed by atoms with Crippen molar-refractivity contribution in [3.63, 3.8) is 0 Å². The van der Waals surface area contributed by atoms with Gasteiger partial charge < -0.3 is 14.6 Å². The van der Waals surface area contributed by atoms with Gasteiger partial charge in [0, 0.05) is 5.57 Å². The summed E-state index contributed by atoms with van der Waals surface area (Å²) in [4.78, 5) is 15.0. The van der Waals surface area contributed by atoms with Gasteiger partial charge in [-0.05, 0) is 13.8 Å². The number of hydrogen-bond acceptors (Lipinski definition) is 5. The third-order valence-corrected chi connectivity index (χ3v) is 1.66. The van der Waals surface area contributed by atoms with Gasteiger partial charge in [-0.15, -0.1) is 0 Å². The maximum absolute atomic E-state index is 11.2. The summed E-state index contributed by atoms with van der Waals surface area (Å²) >= 11 is 0. The van der Waals surface area contributed by atoms with E-state index >= 15 is 0 Å². The van der Waals surface area contributed by atoms with E-state index in [0.717, 1.165) is 0 Å². The van der Waals surface area contributed by atoms with Crippen LogP contribution in [-0.4, -0.2) is 35.9 Å². The van der Waals surface area contributed by atoms with E-state index in [0.29, 0.717) is 5.57 Å². The van der Waals surface area contributed by atoms with Crippen LogP contribution in [0.5, 0.6) is 0 Å². The highest BCUT2D eigenvalue weighted by Crippen LogP contribution is 2.19. The number of nitrogens with zero attached hydrogens (tertiary/aromatic N) is 1. The lowest BCUT2D eigenvalue weighted by atomic mass is 10.2. The molecule has 14 heavy (non-hydrogen) atoms. The fourth-order valence-corrected chi connectivity index (χ4v) is 0.971. The van der Waals surface area contributed by atoms with Crippen LogP contribution in [-0.2, 0) is 14.3 Å². The lowest BCUT2D eigenvalue weighted by Crippen LogP contribution is -2.39. The summed E-state index contributed by atoms with van der Waals surface area (Å²) in [6.07, 6.45) is 0. The Balaban J connectivity index is 2.78. The Hall–Kier alpha value is -1.36. The molecule has 0 aliphatic carbocycles. The number of aliphatic imine (C=N–C) groups is 1. The third kappa shape index (κ3) is 1.93. The minimum atomic E-state index is -1.90. The summed E-state index contributed by atoms with van der Waals surface area (Å²) in [5.41, 5.74) is -1.34. The van der Waals surface area contributed by atoms with Crippen molar-refractivity contribution >= 4 is 11.9 Å². The number of hydrogen-bond donors (Lipinski definition) is 1. The number of esters is 1. The molecule has 1 rings (SSSR count). The van der Waals surface area contributed by atoms with Crippen LogP contribution in [0.3, 0.4) is 0 Å². The molecule has 0 bridgehead atoms. The van der Waals surface area contributed by atoms with Crippen LogP contribution in [0.2, 0.25) is 0 Å². The molecule has 1 unspecified atom stereocenters. The maximum Gasteiger partial charge on any atom is 0.365 e. The third-order valence-electron chi connectivity index (χ3n) is 1.66. The number of carbonyl (C=O) groups excluding carboxylic acids is 1. The quantitative estimate of drug-likeness (QED) is 0.661. The van der Waals surface area contributed by atoms with E-state index in [1.54, 1.807) is 13.8 Å². The number of aliphatic hydroxyl groups is 1. The van der Waals surface area contributed by atoms with Crippen LogP contribution >= 0.6 is 0 Å². The molecule has 1 atom stereocenters. The first kappa shape index (κ1) is 10.7. The first-order valence-corrected chi connectivity index (χ1v) is 4.27. The van der Waals surface area contributed by atoms with Gasteiger partial charge >= 0.3 is 5.97 Å². The molecule has 1 N–H and O–H groups in total. The lowest BCUT2D eigenvalue weighted by molar-refractivity contribution is -0.165. The van der Waals surface area contributed by atoms with Crippen LogP contribution in [0.25, 0.3) is 0 Å². The largest absolute Gasteiger partial charge is 0.472 e. The highest BCUT2D eigenvalue weighted by Gasteiger charge is 2.43. The fourth-order valence-electron chi connectivity index (χ4n) is 0.971. The van der Waals surface area contributed by atoms with Crippen molar-refractivity contribution in [3.05, 3.63) is 12.2 Å². The molecule has 0 saturated carbocycles. The van der Waals surface area contributed by atoms with E-state index in [1.807, 2.05) is 0 Å².